The van der Waals surface area contributed by atoms with E-state index in [-0.39, 0.29) is 28.0 Å². The summed E-state index contributed by atoms with van der Waals surface area (Å²) in [5.74, 6) is -3.92. The van der Waals surface area contributed by atoms with Crippen molar-refractivity contribution in [3.8, 4) is 11.4 Å². The van der Waals surface area contributed by atoms with Crippen molar-refractivity contribution in [3.05, 3.63) is 99.1 Å². The lowest BCUT2D eigenvalue weighted by molar-refractivity contribution is -0.256. The highest BCUT2D eigenvalue weighted by Crippen LogP contribution is 2.47. The number of thioether (sulfide) groups is 1. The van der Waals surface area contributed by atoms with Crippen LogP contribution < -0.4 is 15.6 Å². The van der Waals surface area contributed by atoms with E-state index in [0.717, 1.165) is 54.1 Å². The number of halogens is 7. The van der Waals surface area contributed by atoms with Gasteiger partial charge in [0.25, 0.3) is 5.56 Å². The molecule has 0 aliphatic rings. The molecule has 2 atom stereocenters. The summed E-state index contributed by atoms with van der Waals surface area (Å²) in [7, 11) is 1.14. The first-order valence-corrected chi connectivity index (χ1v) is 13.3. The number of benzene rings is 3. The quantitative estimate of drug-likeness (QED) is 0.215. The zero-order chi connectivity index (χ0) is 29.4. The average molecular weight is 603 g/mol. The van der Waals surface area contributed by atoms with Gasteiger partial charge in [0.05, 0.1) is 23.7 Å². The molecule has 5 nitrogen and oxygen atoms in total. The van der Waals surface area contributed by atoms with Crippen LogP contribution in [0.4, 0.5) is 32.0 Å². The summed E-state index contributed by atoms with van der Waals surface area (Å²) in [4.78, 5) is 12.8. The Hall–Kier alpha value is -3.35. The van der Waals surface area contributed by atoms with Gasteiger partial charge in [-0.05, 0) is 60.4 Å². The van der Waals surface area contributed by atoms with Crippen LogP contribution in [0.1, 0.15) is 11.6 Å². The standard InChI is InChI=1S/C27H21ClF6N2O3S/c1-39-21-9-7-18(23(28)24(21)31)25(26(38,13-40-2)27(32,33)34)35-19-11-15(30)12-20-17(19)8-10-22(37)36(20)16-5-3-14(29)4-6-16/h3-12,25,35,38H,13H2,1-2H3. The van der Waals surface area contributed by atoms with Gasteiger partial charge in [-0.3, -0.25) is 9.36 Å². The third-order valence-corrected chi connectivity index (χ3v) is 7.41. The Kier molecular flexibility index (Phi) is 8.34. The van der Waals surface area contributed by atoms with Crippen LogP contribution in [-0.4, -0.2) is 40.6 Å². The van der Waals surface area contributed by atoms with Gasteiger partial charge in [-0.2, -0.15) is 24.9 Å². The topological polar surface area (TPSA) is 63.5 Å². The van der Waals surface area contributed by atoms with E-state index in [0.29, 0.717) is 11.8 Å². The molecule has 212 valence electrons. The summed E-state index contributed by atoms with van der Waals surface area (Å²) in [6.07, 6.45) is -3.92. The third kappa shape index (κ3) is 5.35. The number of pyridine rings is 1. The van der Waals surface area contributed by atoms with Gasteiger partial charge in [0.1, 0.15) is 11.6 Å². The second-order valence-corrected chi connectivity index (χ2v) is 10.0. The predicted octanol–water partition coefficient (Wildman–Crippen LogP) is 6.88. The SMILES string of the molecule is COc1ccc(C(Nc2cc(F)cc3c2ccc(=O)n3-c2ccc(F)cc2)C(O)(CSC)C(F)(F)F)c(Cl)c1F. The second-order valence-electron chi connectivity index (χ2n) is 8.79. The van der Waals surface area contributed by atoms with Crippen molar-refractivity contribution in [3.63, 3.8) is 0 Å². The second kappa shape index (κ2) is 11.3. The molecule has 4 aromatic rings. The van der Waals surface area contributed by atoms with Crippen molar-refractivity contribution in [2.45, 2.75) is 17.8 Å². The van der Waals surface area contributed by atoms with Crippen molar-refractivity contribution in [1.82, 2.24) is 4.57 Å². The van der Waals surface area contributed by atoms with Gasteiger partial charge in [0.15, 0.2) is 17.2 Å². The summed E-state index contributed by atoms with van der Waals surface area (Å²) in [5.41, 5.74) is -4.78. The average Bonchev–Trinajstić information content (AvgIpc) is 2.89. The molecular formula is C27H21ClF6N2O3S. The van der Waals surface area contributed by atoms with Crippen LogP contribution in [0.15, 0.2) is 65.5 Å². The maximum atomic E-state index is 15.0. The Morgan fingerprint density at radius 3 is 2.30 bits per heavy atom. The molecule has 0 bridgehead atoms. The van der Waals surface area contributed by atoms with Crippen LogP contribution in [0.5, 0.6) is 5.75 Å². The van der Waals surface area contributed by atoms with Crippen molar-refractivity contribution in [2.24, 2.45) is 0 Å². The molecule has 0 fully saturated rings. The van der Waals surface area contributed by atoms with Crippen molar-refractivity contribution < 1.29 is 36.2 Å². The van der Waals surface area contributed by atoms with Gasteiger partial charge in [-0.1, -0.05) is 17.7 Å². The monoisotopic (exact) mass is 602 g/mol. The molecule has 40 heavy (non-hydrogen) atoms. The van der Waals surface area contributed by atoms with Crippen LogP contribution in [0.3, 0.4) is 0 Å². The highest BCUT2D eigenvalue weighted by Gasteiger charge is 2.59. The summed E-state index contributed by atoms with van der Waals surface area (Å²) < 4.78 is 92.6. The van der Waals surface area contributed by atoms with E-state index in [1.165, 1.54) is 24.5 Å². The third-order valence-electron chi connectivity index (χ3n) is 6.30. The molecule has 1 aromatic heterocycles. The minimum absolute atomic E-state index is 0.0622. The number of hydrogen-bond acceptors (Lipinski definition) is 5. The Labute approximate surface area is 233 Å². The molecule has 0 saturated carbocycles. The number of rotatable bonds is 8. The first kappa shape index (κ1) is 29.6. The van der Waals surface area contributed by atoms with Crippen molar-refractivity contribution in [2.75, 3.05) is 24.4 Å². The largest absolute Gasteiger partial charge is 0.494 e. The lowest BCUT2D eigenvalue weighted by Crippen LogP contribution is -2.54. The molecular weight excluding hydrogens is 582 g/mol. The van der Waals surface area contributed by atoms with Gasteiger partial charge < -0.3 is 15.2 Å². The zero-order valence-corrected chi connectivity index (χ0v) is 22.4. The fraction of sp³-hybridized carbons (Fsp3) is 0.222. The number of methoxy groups -OCH3 is 1. The summed E-state index contributed by atoms with van der Waals surface area (Å²) >= 11 is 6.83. The van der Waals surface area contributed by atoms with E-state index in [2.05, 4.69) is 5.32 Å². The minimum Gasteiger partial charge on any atom is -0.494 e. The number of hydrogen-bond donors (Lipinski definition) is 2. The maximum absolute atomic E-state index is 15.0. The predicted molar refractivity (Wildman–Crippen MR) is 143 cm³/mol. The highest BCUT2D eigenvalue weighted by molar-refractivity contribution is 7.98. The number of fused-ring (bicyclic) bond motifs is 1. The first-order chi connectivity index (χ1) is 18.8. The Balaban J connectivity index is 1.99. The fourth-order valence-corrected chi connectivity index (χ4v) is 5.41. The summed E-state index contributed by atoms with van der Waals surface area (Å²) in [6.45, 7) is 0. The zero-order valence-electron chi connectivity index (χ0n) is 20.8. The van der Waals surface area contributed by atoms with Crippen LogP contribution in [0.25, 0.3) is 16.6 Å². The molecule has 1 heterocycles. The van der Waals surface area contributed by atoms with E-state index in [1.54, 1.807) is 0 Å². The van der Waals surface area contributed by atoms with Crippen LogP contribution in [-0.2, 0) is 0 Å². The molecule has 0 saturated heterocycles. The van der Waals surface area contributed by atoms with Gasteiger partial charge in [-0.15, -0.1) is 0 Å². The normalized spacial score (nSPS) is 14.2. The fourth-order valence-electron chi connectivity index (χ4n) is 4.37. The molecule has 0 aliphatic heterocycles. The van der Waals surface area contributed by atoms with Crippen molar-refractivity contribution in [1.29, 1.82) is 0 Å². The number of ether oxygens (including phenoxy) is 1. The highest BCUT2D eigenvalue weighted by atomic mass is 35.5. The van der Waals surface area contributed by atoms with E-state index in [4.69, 9.17) is 16.3 Å². The van der Waals surface area contributed by atoms with E-state index < -0.39 is 57.2 Å². The first-order valence-electron chi connectivity index (χ1n) is 11.5. The van der Waals surface area contributed by atoms with Gasteiger partial charge in [-0.25, -0.2) is 13.2 Å². The number of nitrogens with zero attached hydrogens (tertiary/aromatic N) is 1. The van der Waals surface area contributed by atoms with Crippen molar-refractivity contribution >= 4 is 40.0 Å². The Bertz CT molecular complexity index is 1610. The lowest BCUT2D eigenvalue weighted by Gasteiger charge is -2.39. The minimum atomic E-state index is -5.26. The number of aliphatic hydroxyl groups is 1. The molecule has 13 heteroatoms. The van der Waals surface area contributed by atoms with Crippen LogP contribution in [0, 0.1) is 17.5 Å². The van der Waals surface area contributed by atoms with E-state index in [9.17, 15) is 36.2 Å². The molecule has 0 radical (unpaired) electrons. The smallest absolute Gasteiger partial charge is 0.420 e. The van der Waals surface area contributed by atoms with Crippen LogP contribution in [0.2, 0.25) is 5.02 Å². The molecule has 2 unspecified atom stereocenters. The van der Waals surface area contributed by atoms with Gasteiger partial charge in [0, 0.05) is 28.6 Å². The van der Waals surface area contributed by atoms with Gasteiger partial charge in [0.2, 0.25) is 0 Å². The summed E-state index contributed by atoms with van der Waals surface area (Å²) in [6, 6.07) is 8.90. The van der Waals surface area contributed by atoms with Crippen LogP contribution >= 0.6 is 23.4 Å². The number of anilines is 1. The lowest BCUT2D eigenvalue weighted by atomic mass is 9.88. The van der Waals surface area contributed by atoms with E-state index in [1.807, 2.05) is 0 Å². The number of aromatic nitrogens is 1. The molecule has 2 N–H and O–H groups in total. The molecule has 0 aliphatic carbocycles. The molecule has 0 amide bonds. The maximum Gasteiger partial charge on any atom is 0.420 e. The molecule has 0 spiro atoms. The van der Waals surface area contributed by atoms with E-state index >= 15 is 0 Å². The van der Waals surface area contributed by atoms with Gasteiger partial charge >= 0.3 is 6.18 Å². The number of alkyl halides is 3. The molecule has 4 rings (SSSR count). The Morgan fingerprint density at radius 1 is 1.02 bits per heavy atom. The summed E-state index contributed by atoms with van der Waals surface area (Å²) in [5, 5.41) is 13.0. The Morgan fingerprint density at radius 2 is 1.70 bits per heavy atom. The molecule has 3 aromatic carbocycles. The number of nitrogens with one attached hydrogen (secondary N) is 1.